The number of hydrogen-bond donors (Lipinski definition) is 0. The summed E-state index contributed by atoms with van der Waals surface area (Å²) in [5.74, 6) is 0.551. The summed E-state index contributed by atoms with van der Waals surface area (Å²) in [6.07, 6.45) is 0. The summed E-state index contributed by atoms with van der Waals surface area (Å²) in [7, 11) is 0. The first-order chi connectivity index (χ1) is 9.08. The zero-order valence-electron chi connectivity index (χ0n) is 9.70. The van der Waals surface area contributed by atoms with Crippen molar-refractivity contribution in [1.82, 2.24) is 0 Å². The molecule has 2 aromatic rings. The topological polar surface area (TPSA) is 26.3 Å². The Labute approximate surface area is 134 Å². The highest BCUT2D eigenvalue weighted by atomic mass is 127. The molecule has 19 heavy (non-hydrogen) atoms. The number of benzene rings is 2. The summed E-state index contributed by atoms with van der Waals surface area (Å²) in [4.78, 5) is 12.0. The molecule has 0 N–H and O–H groups in total. The molecule has 2 rings (SSSR count). The van der Waals surface area contributed by atoms with Gasteiger partial charge in [-0.1, -0.05) is 35.3 Å². The van der Waals surface area contributed by atoms with E-state index in [1.165, 1.54) is 0 Å². The number of carbonyl (C=O) groups is 1. The Kier molecular flexibility index (Phi) is 5.07. The number of carbonyl (C=O) groups excluding carboxylic acids is 1. The van der Waals surface area contributed by atoms with Gasteiger partial charge in [0.1, 0.15) is 5.75 Å². The molecule has 0 atom stereocenters. The summed E-state index contributed by atoms with van der Waals surface area (Å²) in [6.45, 7) is -0.0298. The third-order valence-electron chi connectivity index (χ3n) is 2.44. The fourth-order valence-electron chi connectivity index (χ4n) is 1.46. The molecule has 0 radical (unpaired) electrons. The summed E-state index contributed by atoms with van der Waals surface area (Å²) in [6, 6.07) is 12.3. The standard InChI is InChI=1S/C14H9Cl2IO2/c15-10-6-5-9(7-11(10)16)13(18)8-19-14-4-2-1-3-12(14)17/h1-7H,8H2. The van der Waals surface area contributed by atoms with E-state index in [1.807, 2.05) is 24.3 Å². The van der Waals surface area contributed by atoms with E-state index < -0.39 is 0 Å². The molecule has 0 unspecified atom stereocenters. The van der Waals surface area contributed by atoms with Gasteiger partial charge in [0.2, 0.25) is 0 Å². The van der Waals surface area contributed by atoms with E-state index in [0.717, 1.165) is 3.57 Å². The molecule has 0 saturated heterocycles. The molecular formula is C14H9Cl2IO2. The Morgan fingerprint density at radius 1 is 1.11 bits per heavy atom. The van der Waals surface area contributed by atoms with Crippen molar-refractivity contribution in [3.05, 3.63) is 61.6 Å². The van der Waals surface area contributed by atoms with Crippen LogP contribution in [0.3, 0.4) is 0 Å². The van der Waals surface area contributed by atoms with Crippen LogP contribution in [0.2, 0.25) is 10.0 Å². The van der Waals surface area contributed by atoms with E-state index in [-0.39, 0.29) is 12.4 Å². The molecule has 0 aromatic heterocycles. The number of hydrogen-bond acceptors (Lipinski definition) is 2. The highest BCUT2D eigenvalue weighted by molar-refractivity contribution is 14.1. The van der Waals surface area contributed by atoms with Crippen molar-refractivity contribution < 1.29 is 9.53 Å². The van der Waals surface area contributed by atoms with Gasteiger partial charge in [-0.25, -0.2) is 0 Å². The number of para-hydroxylation sites is 1. The normalized spacial score (nSPS) is 10.3. The first-order valence-corrected chi connectivity index (χ1v) is 7.27. The second-order valence-corrected chi connectivity index (χ2v) is 5.75. The van der Waals surface area contributed by atoms with E-state index >= 15 is 0 Å². The average Bonchev–Trinajstić information content (AvgIpc) is 2.40. The Morgan fingerprint density at radius 2 is 1.84 bits per heavy atom. The maximum atomic E-state index is 12.0. The lowest BCUT2D eigenvalue weighted by Gasteiger charge is -2.07. The fraction of sp³-hybridized carbons (Fsp3) is 0.0714. The summed E-state index contributed by atoms with van der Waals surface area (Å²) >= 11 is 13.8. The molecule has 5 heteroatoms. The van der Waals surface area contributed by atoms with Gasteiger partial charge >= 0.3 is 0 Å². The third-order valence-corrected chi connectivity index (χ3v) is 4.07. The van der Waals surface area contributed by atoms with Crippen LogP contribution < -0.4 is 4.74 Å². The van der Waals surface area contributed by atoms with Crippen LogP contribution in [-0.4, -0.2) is 12.4 Å². The van der Waals surface area contributed by atoms with E-state index in [2.05, 4.69) is 22.6 Å². The first-order valence-electron chi connectivity index (χ1n) is 5.43. The SMILES string of the molecule is O=C(COc1ccccc1I)c1ccc(Cl)c(Cl)c1. The van der Waals surface area contributed by atoms with Crippen LogP contribution in [0.1, 0.15) is 10.4 Å². The molecule has 0 spiro atoms. The molecule has 2 aromatic carbocycles. The van der Waals surface area contributed by atoms with E-state index in [9.17, 15) is 4.79 Å². The molecule has 0 bridgehead atoms. The van der Waals surface area contributed by atoms with Crippen molar-refractivity contribution in [3.8, 4) is 5.75 Å². The Bertz CT molecular complexity index is 614. The monoisotopic (exact) mass is 406 g/mol. The lowest BCUT2D eigenvalue weighted by atomic mass is 10.1. The lowest BCUT2D eigenvalue weighted by molar-refractivity contribution is 0.0921. The summed E-state index contributed by atoms with van der Waals surface area (Å²) < 4.78 is 6.45. The first kappa shape index (κ1) is 14.6. The number of Topliss-reactive ketones (excluding diaryl/α,β-unsaturated/α-hetero) is 1. The lowest BCUT2D eigenvalue weighted by Crippen LogP contribution is -2.12. The molecule has 0 aliphatic rings. The Morgan fingerprint density at radius 3 is 2.53 bits per heavy atom. The van der Waals surface area contributed by atoms with Gasteiger partial charge in [-0.15, -0.1) is 0 Å². The summed E-state index contributed by atoms with van der Waals surface area (Å²) in [5, 5.41) is 0.790. The number of halogens is 3. The van der Waals surface area contributed by atoms with Crippen molar-refractivity contribution in [1.29, 1.82) is 0 Å². The van der Waals surface area contributed by atoms with Crippen LogP contribution in [0.4, 0.5) is 0 Å². The van der Waals surface area contributed by atoms with Gasteiger partial charge in [0, 0.05) is 5.56 Å². The van der Waals surface area contributed by atoms with Crippen LogP contribution in [-0.2, 0) is 0 Å². The number of rotatable bonds is 4. The average molecular weight is 407 g/mol. The molecular weight excluding hydrogens is 398 g/mol. The van der Waals surface area contributed by atoms with Crippen molar-refractivity contribution >= 4 is 51.6 Å². The van der Waals surface area contributed by atoms with Gasteiger partial charge in [0.15, 0.2) is 12.4 Å². The minimum atomic E-state index is -0.141. The highest BCUT2D eigenvalue weighted by Crippen LogP contribution is 2.23. The minimum absolute atomic E-state index is 0.0298. The second-order valence-electron chi connectivity index (χ2n) is 3.77. The van der Waals surface area contributed by atoms with Gasteiger partial charge in [-0.05, 0) is 52.9 Å². The van der Waals surface area contributed by atoms with Crippen molar-refractivity contribution in [2.45, 2.75) is 0 Å². The molecule has 0 aliphatic carbocycles. The van der Waals surface area contributed by atoms with Crippen LogP contribution >= 0.6 is 45.8 Å². The fourth-order valence-corrected chi connectivity index (χ4v) is 2.30. The minimum Gasteiger partial charge on any atom is -0.484 e. The van der Waals surface area contributed by atoms with Crippen LogP contribution in [0.25, 0.3) is 0 Å². The van der Waals surface area contributed by atoms with Gasteiger partial charge in [-0.3, -0.25) is 4.79 Å². The van der Waals surface area contributed by atoms with Crippen molar-refractivity contribution in [3.63, 3.8) is 0 Å². The highest BCUT2D eigenvalue weighted by Gasteiger charge is 2.10. The second kappa shape index (κ2) is 6.59. The smallest absolute Gasteiger partial charge is 0.200 e. The van der Waals surface area contributed by atoms with Crippen LogP contribution in [0.5, 0.6) is 5.75 Å². The van der Waals surface area contributed by atoms with Crippen molar-refractivity contribution in [2.24, 2.45) is 0 Å². The molecule has 98 valence electrons. The Hall–Kier alpha value is -0.780. The predicted molar refractivity (Wildman–Crippen MR) is 85.4 cm³/mol. The summed E-state index contributed by atoms with van der Waals surface area (Å²) in [5.41, 5.74) is 0.486. The molecule has 0 amide bonds. The van der Waals surface area contributed by atoms with E-state index in [1.54, 1.807) is 18.2 Å². The third kappa shape index (κ3) is 3.84. The molecule has 0 saturated carbocycles. The number of ether oxygens (including phenoxy) is 1. The quantitative estimate of drug-likeness (QED) is 0.535. The molecule has 2 nitrogen and oxygen atoms in total. The zero-order chi connectivity index (χ0) is 13.8. The maximum Gasteiger partial charge on any atom is 0.200 e. The van der Waals surface area contributed by atoms with Crippen LogP contribution in [0, 0.1) is 3.57 Å². The molecule has 0 fully saturated rings. The Balaban J connectivity index is 2.05. The van der Waals surface area contributed by atoms with E-state index in [4.69, 9.17) is 27.9 Å². The maximum absolute atomic E-state index is 12.0. The molecule has 0 aliphatic heterocycles. The van der Waals surface area contributed by atoms with Gasteiger partial charge < -0.3 is 4.74 Å². The van der Waals surface area contributed by atoms with Gasteiger partial charge in [0.05, 0.1) is 13.6 Å². The van der Waals surface area contributed by atoms with Gasteiger partial charge in [0.25, 0.3) is 0 Å². The predicted octanol–water partition coefficient (Wildman–Crippen LogP) is 4.86. The van der Waals surface area contributed by atoms with Crippen LogP contribution in [0.15, 0.2) is 42.5 Å². The van der Waals surface area contributed by atoms with Crippen molar-refractivity contribution in [2.75, 3.05) is 6.61 Å². The zero-order valence-corrected chi connectivity index (χ0v) is 13.4. The van der Waals surface area contributed by atoms with Gasteiger partial charge in [-0.2, -0.15) is 0 Å². The van der Waals surface area contributed by atoms with E-state index in [0.29, 0.717) is 21.4 Å². The molecule has 0 heterocycles. The number of ketones is 1. The largest absolute Gasteiger partial charge is 0.484 e.